The minimum atomic E-state index is 0.579. The van der Waals surface area contributed by atoms with E-state index in [1.165, 1.54) is 0 Å². The smallest absolute Gasteiger partial charge is 0.123 e. The summed E-state index contributed by atoms with van der Waals surface area (Å²) in [6.07, 6.45) is 2.95. The van der Waals surface area contributed by atoms with E-state index in [1.54, 1.807) is 0 Å². The second-order valence-corrected chi connectivity index (χ2v) is 4.88. The van der Waals surface area contributed by atoms with Crippen molar-refractivity contribution in [2.45, 2.75) is 13.3 Å². The molecule has 0 saturated carbocycles. The predicted octanol–water partition coefficient (Wildman–Crippen LogP) is 1.21. The summed E-state index contributed by atoms with van der Waals surface area (Å²) in [5.74, 6) is 0.579. The largest absolute Gasteiger partial charge is 0.384 e. The summed E-state index contributed by atoms with van der Waals surface area (Å²) in [7, 11) is 0. The number of nitrogens with two attached hydrogens (primary N) is 1. The molecule has 0 atom stereocenters. The lowest BCUT2D eigenvalue weighted by atomic mass is 10.2. The summed E-state index contributed by atoms with van der Waals surface area (Å²) >= 11 is 0. The fraction of sp³-hybridized carbons (Fsp3) is 0.643. The standard InChI is InChI=1S/C14H24N4O/c1-2-10-19-11-9-17-5-7-18(8-6-17)13-3-4-14(15)16-12-13/h3-4,12H,2,5-11H2,1H3,(H2,15,16). The van der Waals surface area contributed by atoms with Crippen molar-refractivity contribution >= 4 is 11.5 Å². The van der Waals surface area contributed by atoms with Gasteiger partial charge in [-0.2, -0.15) is 0 Å². The van der Waals surface area contributed by atoms with Crippen molar-refractivity contribution in [1.29, 1.82) is 0 Å². The van der Waals surface area contributed by atoms with E-state index in [4.69, 9.17) is 10.5 Å². The molecule has 19 heavy (non-hydrogen) atoms. The van der Waals surface area contributed by atoms with Crippen molar-refractivity contribution in [2.24, 2.45) is 0 Å². The van der Waals surface area contributed by atoms with Gasteiger partial charge in [-0.05, 0) is 18.6 Å². The molecule has 0 amide bonds. The molecule has 5 heteroatoms. The van der Waals surface area contributed by atoms with Gasteiger partial charge in [-0.25, -0.2) is 4.98 Å². The minimum absolute atomic E-state index is 0.579. The van der Waals surface area contributed by atoms with Crippen LogP contribution >= 0.6 is 0 Å². The molecule has 0 bridgehead atoms. The molecular formula is C14H24N4O. The van der Waals surface area contributed by atoms with Crippen molar-refractivity contribution < 1.29 is 4.74 Å². The van der Waals surface area contributed by atoms with Gasteiger partial charge in [0.25, 0.3) is 0 Å². The zero-order chi connectivity index (χ0) is 13.5. The molecule has 2 heterocycles. The number of rotatable bonds is 6. The van der Waals surface area contributed by atoms with Gasteiger partial charge in [0, 0.05) is 39.3 Å². The van der Waals surface area contributed by atoms with Gasteiger partial charge < -0.3 is 15.4 Å². The van der Waals surface area contributed by atoms with Gasteiger partial charge in [0.05, 0.1) is 18.5 Å². The highest BCUT2D eigenvalue weighted by Gasteiger charge is 2.16. The van der Waals surface area contributed by atoms with Crippen LogP contribution in [0, 0.1) is 0 Å². The Morgan fingerprint density at radius 3 is 2.63 bits per heavy atom. The molecule has 2 rings (SSSR count). The zero-order valence-electron chi connectivity index (χ0n) is 11.7. The molecule has 1 aromatic rings. The SMILES string of the molecule is CCCOCCN1CCN(c2ccc(N)nc2)CC1. The van der Waals surface area contributed by atoms with E-state index in [0.717, 1.165) is 58.0 Å². The van der Waals surface area contributed by atoms with Gasteiger partial charge in [0.15, 0.2) is 0 Å². The number of aromatic nitrogens is 1. The van der Waals surface area contributed by atoms with Crippen molar-refractivity contribution in [3.8, 4) is 0 Å². The summed E-state index contributed by atoms with van der Waals surface area (Å²) in [5, 5.41) is 0. The van der Waals surface area contributed by atoms with Crippen molar-refractivity contribution in [1.82, 2.24) is 9.88 Å². The molecule has 1 aliphatic heterocycles. The number of pyridine rings is 1. The number of ether oxygens (including phenoxy) is 1. The van der Waals surface area contributed by atoms with E-state index in [2.05, 4.69) is 21.7 Å². The van der Waals surface area contributed by atoms with Gasteiger partial charge >= 0.3 is 0 Å². The Bertz CT molecular complexity index is 360. The lowest BCUT2D eigenvalue weighted by Crippen LogP contribution is -2.47. The van der Waals surface area contributed by atoms with Gasteiger partial charge in [-0.1, -0.05) is 6.92 Å². The van der Waals surface area contributed by atoms with Crippen LogP contribution < -0.4 is 10.6 Å². The van der Waals surface area contributed by atoms with Crippen molar-refractivity contribution in [2.75, 3.05) is 56.6 Å². The fourth-order valence-electron chi connectivity index (χ4n) is 2.25. The maximum Gasteiger partial charge on any atom is 0.123 e. The number of nitrogens with zero attached hydrogens (tertiary/aromatic N) is 3. The van der Waals surface area contributed by atoms with E-state index in [1.807, 2.05) is 18.3 Å². The topological polar surface area (TPSA) is 54.6 Å². The maximum atomic E-state index is 5.61. The normalized spacial score (nSPS) is 16.8. The Kier molecular flexibility index (Phi) is 5.42. The molecule has 0 aromatic carbocycles. The predicted molar refractivity (Wildman–Crippen MR) is 78.4 cm³/mol. The lowest BCUT2D eigenvalue weighted by Gasteiger charge is -2.35. The summed E-state index contributed by atoms with van der Waals surface area (Å²) < 4.78 is 5.53. The molecule has 0 spiro atoms. The highest BCUT2D eigenvalue weighted by atomic mass is 16.5. The van der Waals surface area contributed by atoms with Crippen LogP contribution in [0.3, 0.4) is 0 Å². The third kappa shape index (κ3) is 4.36. The number of anilines is 2. The highest BCUT2D eigenvalue weighted by molar-refractivity contribution is 5.48. The fourth-order valence-corrected chi connectivity index (χ4v) is 2.25. The number of nitrogen functional groups attached to an aromatic ring is 1. The first-order chi connectivity index (χ1) is 9.29. The van der Waals surface area contributed by atoms with Crippen molar-refractivity contribution in [3.05, 3.63) is 18.3 Å². The molecule has 5 nitrogen and oxygen atoms in total. The monoisotopic (exact) mass is 264 g/mol. The first-order valence-electron chi connectivity index (χ1n) is 7.06. The van der Waals surface area contributed by atoms with Crippen LogP contribution in [0.5, 0.6) is 0 Å². The summed E-state index contributed by atoms with van der Waals surface area (Å²) in [4.78, 5) is 8.96. The molecule has 1 aromatic heterocycles. The molecule has 1 saturated heterocycles. The Labute approximate surface area is 115 Å². The van der Waals surface area contributed by atoms with Crippen LogP contribution in [-0.2, 0) is 4.74 Å². The first kappa shape index (κ1) is 14.1. The van der Waals surface area contributed by atoms with Gasteiger partial charge in [0.2, 0.25) is 0 Å². The maximum absolute atomic E-state index is 5.61. The number of hydrogen-bond donors (Lipinski definition) is 1. The van der Waals surface area contributed by atoms with E-state index < -0.39 is 0 Å². The molecule has 106 valence electrons. The van der Waals surface area contributed by atoms with Crippen LogP contribution in [0.4, 0.5) is 11.5 Å². The van der Waals surface area contributed by atoms with Gasteiger partial charge in [0.1, 0.15) is 5.82 Å². The van der Waals surface area contributed by atoms with Crippen LogP contribution in [0.1, 0.15) is 13.3 Å². The Balaban J connectivity index is 1.71. The molecule has 0 aliphatic carbocycles. The molecule has 1 fully saturated rings. The van der Waals surface area contributed by atoms with Crippen LogP contribution in [0.15, 0.2) is 18.3 Å². The summed E-state index contributed by atoms with van der Waals surface area (Å²) in [5.41, 5.74) is 6.77. The average Bonchev–Trinajstić information content (AvgIpc) is 2.45. The van der Waals surface area contributed by atoms with Crippen LogP contribution in [-0.4, -0.2) is 55.8 Å². The zero-order valence-corrected chi connectivity index (χ0v) is 11.7. The van der Waals surface area contributed by atoms with Crippen LogP contribution in [0.2, 0.25) is 0 Å². The van der Waals surface area contributed by atoms with E-state index >= 15 is 0 Å². The third-order valence-electron chi connectivity index (χ3n) is 3.41. The van der Waals surface area contributed by atoms with Gasteiger partial charge in [-0.3, -0.25) is 4.90 Å². The highest BCUT2D eigenvalue weighted by Crippen LogP contribution is 2.15. The quantitative estimate of drug-likeness (QED) is 0.783. The second kappa shape index (κ2) is 7.31. The van der Waals surface area contributed by atoms with E-state index in [0.29, 0.717) is 5.82 Å². The second-order valence-electron chi connectivity index (χ2n) is 4.88. The average molecular weight is 264 g/mol. The Morgan fingerprint density at radius 1 is 1.21 bits per heavy atom. The summed E-state index contributed by atoms with van der Waals surface area (Å²) in [6, 6.07) is 3.91. The third-order valence-corrected chi connectivity index (χ3v) is 3.41. The molecular weight excluding hydrogens is 240 g/mol. The van der Waals surface area contributed by atoms with Crippen molar-refractivity contribution in [3.63, 3.8) is 0 Å². The summed E-state index contributed by atoms with van der Waals surface area (Å²) in [6.45, 7) is 9.14. The molecule has 2 N–H and O–H groups in total. The number of hydrogen-bond acceptors (Lipinski definition) is 5. The number of piperazine rings is 1. The van der Waals surface area contributed by atoms with E-state index in [9.17, 15) is 0 Å². The molecule has 1 aliphatic rings. The first-order valence-corrected chi connectivity index (χ1v) is 7.06. The van der Waals surface area contributed by atoms with Gasteiger partial charge in [-0.15, -0.1) is 0 Å². The van der Waals surface area contributed by atoms with Crippen LogP contribution in [0.25, 0.3) is 0 Å². The minimum Gasteiger partial charge on any atom is -0.384 e. The lowest BCUT2D eigenvalue weighted by molar-refractivity contribution is 0.102. The Morgan fingerprint density at radius 2 is 2.00 bits per heavy atom. The molecule has 0 unspecified atom stereocenters. The molecule has 0 radical (unpaired) electrons. The Hall–Kier alpha value is -1.33. The van der Waals surface area contributed by atoms with E-state index in [-0.39, 0.29) is 0 Å².